The standard InChI is InChI=1S/C12H16O2/c1-8-5-9(2)7-12(6-8)14-11(4)10(3)13/h5-7,11H,1-4H3/t11-/m0/s1. The van der Waals surface area contributed by atoms with Crippen LogP contribution in [0.4, 0.5) is 0 Å². The van der Waals surface area contributed by atoms with Gasteiger partial charge in [-0.1, -0.05) is 6.07 Å². The van der Waals surface area contributed by atoms with Crippen molar-refractivity contribution >= 4 is 5.78 Å². The topological polar surface area (TPSA) is 26.3 Å². The molecule has 0 aliphatic heterocycles. The van der Waals surface area contributed by atoms with Gasteiger partial charge in [0, 0.05) is 0 Å². The summed E-state index contributed by atoms with van der Waals surface area (Å²) in [5.41, 5.74) is 2.30. The Kier molecular flexibility index (Phi) is 3.28. The van der Waals surface area contributed by atoms with E-state index in [0.717, 1.165) is 16.9 Å². The predicted octanol–water partition coefficient (Wildman–Crippen LogP) is 2.66. The second-order valence-corrected chi connectivity index (χ2v) is 3.69. The lowest BCUT2D eigenvalue weighted by atomic mass is 10.1. The third-order valence-electron chi connectivity index (χ3n) is 2.08. The van der Waals surface area contributed by atoms with E-state index in [1.165, 1.54) is 6.92 Å². The first-order chi connectivity index (χ1) is 6.49. The smallest absolute Gasteiger partial charge is 0.169 e. The van der Waals surface area contributed by atoms with Gasteiger partial charge in [0.1, 0.15) is 5.75 Å². The van der Waals surface area contributed by atoms with Crippen LogP contribution in [0.3, 0.4) is 0 Å². The van der Waals surface area contributed by atoms with Gasteiger partial charge in [-0.3, -0.25) is 4.79 Å². The molecule has 0 saturated heterocycles. The fourth-order valence-corrected chi connectivity index (χ4v) is 1.29. The third kappa shape index (κ3) is 2.87. The van der Waals surface area contributed by atoms with Gasteiger partial charge in [0.15, 0.2) is 11.9 Å². The molecule has 0 aliphatic carbocycles. The van der Waals surface area contributed by atoms with E-state index in [9.17, 15) is 4.79 Å². The molecule has 2 heteroatoms. The molecule has 0 aromatic heterocycles. The van der Waals surface area contributed by atoms with Crippen molar-refractivity contribution in [3.05, 3.63) is 29.3 Å². The Hall–Kier alpha value is -1.31. The number of carbonyl (C=O) groups excluding carboxylic acids is 1. The zero-order chi connectivity index (χ0) is 10.7. The highest BCUT2D eigenvalue weighted by Gasteiger charge is 2.09. The number of Topliss-reactive ketones (excluding diaryl/α,β-unsaturated/α-hetero) is 1. The van der Waals surface area contributed by atoms with Crippen LogP contribution in [-0.4, -0.2) is 11.9 Å². The van der Waals surface area contributed by atoms with Gasteiger partial charge in [-0.05, 0) is 51.0 Å². The fourth-order valence-electron chi connectivity index (χ4n) is 1.29. The molecular weight excluding hydrogens is 176 g/mol. The molecule has 14 heavy (non-hydrogen) atoms. The number of carbonyl (C=O) groups is 1. The number of benzene rings is 1. The molecule has 0 unspecified atom stereocenters. The highest BCUT2D eigenvalue weighted by Crippen LogP contribution is 2.17. The first kappa shape index (κ1) is 10.8. The Bertz CT molecular complexity index is 322. The highest BCUT2D eigenvalue weighted by molar-refractivity contribution is 5.80. The van der Waals surface area contributed by atoms with Gasteiger partial charge in [-0.15, -0.1) is 0 Å². The predicted molar refractivity (Wildman–Crippen MR) is 56.7 cm³/mol. The Balaban J connectivity index is 2.81. The van der Waals surface area contributed by atoms with Crippen LogP contribution in [0.5, 0.6) is 5.75 Å². The van der Waals surface area contributed by atoms with Crippen molar-refractivity contribution in [2.45, 2.75) is 33.8 Å². The molecule has 0 saturated carbocycles. The van der Waals surface area contributed by atoms with Gasteiger partial charge in [0.2, 0.25) is 0 Å². The van der Waals surface area contributed by atoms with Crippen LogP contribution < -0.4 is 4.74 Å². The number of hydrogen-bond acceptors (Lipinski definition) is 2. The number of hydrogen-bond donors (Lipinski definition) is 0. The quantitative estimate of drug-likeness (QED) is 0.736. The summed E-state index contributed by atoms with van der Waals surface area (Å²) in [7, 11) is 0. The van der Waals surface area contributed by atoms with Crippen molar-refractivity contribution in [3.63, 3.8) is 0 Å². The van der Waals surface area contributed by atoms with Crippen molar-refractivity contribution in [3.8, 4) is 5.75 Å². The molecule has 0 fully saturated rings. The summed E-state index contributed by atoms with van der Waals surface area (Å²) in [5, 5.41) is 0. The molecule has 0 amide bonds. The second kappa shape index (κ2) is 4.27. The number of ether oxygens (including phenoxy) is 1. The van der Waals surface area contributed by atoms with Gasteiger partial charge in [0.05, 0.1) is 0 Å². The maximum Gasteiger partial charge on any atom is 0.169 e. The molecule has 0 bridgehead atoms. The molecule has 0 heterocycles. The van der Waals surface area contributed by atoms with Crippen molar-refractivity contribution in [2.75, 3.05) is 0 Å². The normalized spacial score (nSPS) is 12.3. The molecule has 76 valence electrons. The van der Waals surface area contributed by atoms with E-state index in [1.807, 2.05) is 26.0 Å². The lowest BCUT2D eigenvalue weighted by Crippen LogP contribution is -2.20. The van der Waals surface area contributed by atoms with Gasteiger partial charge in [-0.2, -0.15) is 0 Å². The van der Waals surface area contributed by atoms with Crippen LogP contribution in [0.1, 0.15) is 25.0 Å². The third-order valence-corrected chi connectivity index (χ3v) is 2.08. The summed E-state index contributed by atoms with van der Waals surface area (Å²) in [5.74, 6) is 0.814. The van der Waals surface area contributed by atoms with E-state index >= 15 is 0 Å². The zero-order valence-electron chi connectivity index (χ0n) is 9.13. The number of ketones is 1. The summed E-state index contributed by atoms with van der Waals surface area (Å²) in [6.45, 7) is 7.32. The van der Waals surface area contributed by atoms with Crippen molar-refractivity contribution in [2.24, 2.45) is 0 Å². The van der Waals surface area contributed by atoms with Gasteiger partial charge >= 0.3 is 0 Å². The Morgan fingerprint density at radius 3 is 2.14 bits per heavy atom. The molecule has 1 aromatic rings. The van der Waals surface area contributed by atoms with Gasteiger partial charge in [-0.25, -0.2) is 0 Å². The molecule has 0 aliphatic rings. The molecule has 1 rings (SSSR count). The summed E-state index contributed by atoms with van der Waals surface area (Å²) in [6, 6.07) is 5.95. The van der Waals surface area contributed by atoms with E-state index in [1.54, 1.807) is 6.92 Å². The molecule has 0 radical (unpaired) electrons. The van der Waals surface area contributed by atoms with Crippen LogP contribution in [0.15, 0.2) is 18.2 Å². The highest BCUT2D eigenvalue weighted by atomic mass is 16.5. The van der Waals surface area contributed by atoms with Gasteiger partial charge < -0.3 is 4.74 Å². The SMILES string of the molecule is CC(=O)[C@H](C)Oc1cc(C)cc(C)c1. The minimum atomic E-state index is -0.365. The lowest BCUT2D eigenvalue weighted by Gasteiger charge is -2.12. The van der Waals surface area contributed by atoms with E-state index in [2.05, 4.69) is 6.07 Å². The monoisotopic (exact) mass is 192 g/mol. The molecular formula is C12H16O2. The van der Waals surface area contributed by atoms with E-state index < -0.39 is 0 Å². The number of aryl methyl sites for hydroxylation is 2. The van der Waals surface area contributed by atoms with E-state index in [-0.39, 0.29) is 11.9 Å². The van der Waals surface area contributed by atoms with Crippen LogP contribution in [0.25, 0.3) is 0 Å². The minimum Gasteiger partial charge on any atom is -0.483 e. The second-order valence-electron chi connectivity index (χ2n) is 3.69. The Labute approximate surface area is 84.9 Å². The molecule has 1 atom stereocenters. The van der Waals surface area contributed by atoms with Crippen molar-refractivity contribution < 1.29 is 9.53 Å². The fraction of sp³-hybridized carbons (Fsp3) is 0.417. The van der Waals surface area contributed by atoms with Crippen LogP contribution in [0.2, 0.25) is 0 Å². The minimum absolute atomic E-state index is 0.0455. The molecule has 1 aromatic carbocycles. The Morgan fingerprint density at radius 1 is 1.21 bits per heavy atom. The Morgan fingerprint density at radius 2 is 1.71 bits per heavy atom. The van der Waals surface area contributed by atoms with Crippen molar-refractivity contribution in [1.82, 2.24) is 0 Å². The summed E-state index contributed by atoms with van der Waals surface area (Å²) in [6.07, 6.45) is -0.365. The average molecular weight is 192 g/mol. The van der Waals surface area contributed by atoms with Crippen LogP contribution in [-0.2, 0) is 4.79 Å². The first-order valence-electron chi connectivity index (χ1n) is 4.74. The van der Waals surface area contributed by atoms with E-state index in [4.69, 9.17) is 4.74 Å². The lowest BCUT2D eigenvalue weighted by molar-refractivity contribution is -0.122. The maximum absolute atomic E-state index is 11.0. The molecule has 0 spiro atoms. The summed E-state index contributed by atoms with van der Waals surface area (Å²) in [4.78, 5) is 11.0. The van der Waals surface area contributed by atoms with Gasteiger partial charge in [0.25, 0.3) is 0 Å². The largest absolute Gasteiger partial charge is 0.483 e. The average Bonchev–Trinajstić information content (AvgIpc) is 2.01. The van der Waals surface area contributed by atoms with Crippen LogP contribution in [0, 0.1) is 13.8 Å². The first-order valence-corrected chi connectivity index (χ1v) is 4.74. The maximum atomic E-state index is 11.0. The summed E-state index contributed by atoms with van der Waals surface area (Å²) >= 11 is 0. The zero-order valence-corrected chi connectivity index (χ0v) is 9.13. The molecule has 2 nitrogen and oxygen atoms in total. The van der Waals surface area contributed by atoms with Crippen LogP contribution >= 0.6 is 0 Å². The summed E-state index contributed by atoms with van der Waals surface area (Å²) < 4.78 is 5.49. The van der Waals surface area contributed by atoms with Crippen molar-refractivity contribution in [1.29, 1.82) is 0 Å². The molecule has 0 N–H and O–H groups in total. The number of rotatable bonds is 3. The van der Waals surface area contributed by atoms with E-state index in [0.29, 0.717) is 0 Å².